The first-order valence-corrected chi connectivity index (χ1v) is 10.1. The molecule has 1 saturated heterocycles. The maximum Gasteiger partial charge on any atom is 0.240 e. The number of thiazole rings is 1. The molecule has 1 aromatic heterocycles. The lowest BCUT2D eigenvalue weighted by Crippen LogP contribution is -2.43. The van der Waals surface area contributed by atoms with Gasteiger partial charge in [-0.15, -0.1) is 11.3 Å². The average Bonchev–Trinajstić information content (AvgIpc) is 2.94. The van der Waals surface area contributed by atoms with Crippen LogP contribution in [0.5, 0.6) is 0 Å². The molecule has 1 aromatic rings. The van der Waals surface area contributed by atoms with Crippen LogP contribution in [0, 0.1) is 12.8 Å². The minimum Gasteiger partial charge on any atom is -0.356 e. The van der Waals surface area contributed by atoms with Crippen LogP contribution >= 0.6 is 11.3 Å². The Kier molecular flexibility index (Phi) is 7.84. The number of carbonyl (C=O) groups is 2. The molecule has 0 aromatic carbocycles. The number of aryl methyl sites for hydroxylation is 2. The first kappa shape index (κ1) is 19.8. The fourth-order valence-corrected chi connectivity index (χ4v) is 3.98. The predicted octanol–water partition coefficient (Wildman–Crippen LogP) is 2.58. The summed E-state index contributed by atoms with van der Waals surface area (Å²) in [6.45, 7) is 8.92. The van der Waals surface area contributed by atoms with E-state index in [1.54, 1.807) is 0 Å². The van der Waals surface area contributed by atoms with E-state index in [2.05, 4.69) is 34.4 Å². The van der Waals surface area contributed by atoms with Gasteiger partial charge in [0.2, 0.25) is 11.8 Å². The lowest BCUT2D eigenvalue weighted by atomic mass is 9.96. The van der Waals surface area contributed by atoms with E-state index in [9.17, 15) is 9.59 Å². The highest BCUT2D eigenvalue weighted by atomic mass is 32.1. The van der Waals surface area contributed by atoms with Crippen LogP contribution in [0.1, 0.15) is 50.1 Å². The second-order valence-corrected chi connectivity index (χ2v) is 7.82. The molecular weight excluding hydrogens is 336 g/mol. The highest BCUT2D eigenvalue weighted by molar-refractivity contribution is 7.15. The number of likely N-dealkylation sites (tertiary alicyclic amines) is 1. The summed E-state index contributed by atoms with van der Waals surface area (Å²) >= 11 is 1.53. The summed E-state index contributed by atoms with van der Waals surface area (Å²) in [4.78, 5) is 32.0. The van der Waals surface area contributed by atoms with E-state index >= 15 is 0 Å². The zero-order valence-electron chi connectivity index (χ0n) is 15.6. The number of anilines is 1. The number of carbonyl (C=O) groups excluding carboxylic acids is 2. The number of nitrogens with zero attached hydrogens (tertiary/aromatic N) is 2. The van der Waals surface area contributed by atoms with Gasteiger partial charge in [-0.3, -0.25) is 14.5 Å². The van der Waals surface area contributed by atoms with E-state index in [4.69, 9.17) is 0 Å². The zero-order valence-corrected chi connectivity index (χ0v) is 16.4. The molecule has 2 rings (SSSR count). The number of unbranched alkanes of at least 4 members (excludes halogenated alkanes) is 1. The van der Waals surface area contributed by atoms with Gasteiger partial charge in [0.25, 0.3) is 0 Å². The van der Waals surface area contributed by atoms with Gasteiger partial charge in [-0.05, 0) is 45.7 Å². The number of hydrogen-bond donors (Lipinski definition) is 2. The molecule has 2 amide bonds. The van der Waals surface area contributed by atoms with Crippen molar-refractivity contribution in [3.05, 3.63) is 10.6 Å². The minimum atomic E-state index is -0.0257. The summed E-state index contributed by atoms with van der Waals surface area (Å²) in [6, 6.07) is 0. The van der Waals surface area contributed by atoms with Crippen molar-refractivity contribution < 1.29 is 9.59 Å². The van der Waals surface area contributed by atoms with E-state index in [1.807, 2.05) is 6.92 Å². The Labute approximate surface area is 154 Å². The van der Waals surface area contributed by atoms with Gasteiger partial charge in [0.05, 0.1) is 12.2 Å². The third-order valence-corrected chi connectivity index (χ3v) is 5.56. The van der Waals surface area contributed by atoms with Crippen LogP contribution in [-0.4, -0.2) is 47.9 Å². The van der Waals surface area contributed by atoms with Crippen molar-refractivity contribution in [1.29, 1.82) is 0 Å². The van der Waals surface area contributed by atoms with Crippen molar-refractivity contribution >= 4 is 28.3 Å². The molecule has 6 nitrogen and oxygen atoms in total. The largest absolute Gasteiger partial charge is 0.356 e. The number of aromatic nitrogens is 1. The predicted molar refractivity (Wildman–Crippen MR) is 102 cm³/mol. The first-order chi connectivity index (χ1) is 12.0. The standard InChI is InChI=1S/C18H30N4O2S/c1-4-6-9-19-17(24)14-7-10-22(11-8-14)12-16(23)21-18-20-15(5-2)13(3)25-18/h14H,4-12H2,1-3H3,(H,19,24)(H,20,21,23). The van der Waals surface area contributed by atoms with Crippen molar-refractivity contribution in [3.8, 4) is 0 Å². The van der Waals surface area contributed by atoms with Gasteiger partial charge in [-0.1, -0.05) is 20.3 Å². The Hall–Kier alpha value is -1.47. The lowest BCUT2D eigenvalue weighted by molar-refractivity contribution is -0.126. The maximum absolute atomic E-state index is 12.2. The Morgan fingerprint density at radius 1 is 1.28 bits per heavy atom. The molecule has 1 aliphatic rings. The number of nitrogens with one attached hydrogen (secondary N) is 2. The fraction of sp³-hybridized carbons (Fsp3) is 0.722. The van der Waals surface area contributed by atoms with Gasteiger partial charge in [0.15, 0.2) is 5.13 Å². The molecule has 7 heteroatoms. The Balaban J connectivity index is 1.72. The van der Waals surface area contributed by atoms with Gasteiger partial charge in [0.1, 0.15) is 0 Å². The van der Waals surface area contributed by atoms with E-state index < -0.39 is 0 Å². The molecule has 25 heavy (non-hydrogen) atoms. The molecular formula is C18H30N4O2S. The number of amides is 2. The van der Waals surface area contributed by atoms with E-state index in [0.717, 1.165) is 62.3 Å². The Morgan fingerprint density at radius 3 is 2.60 bits per heavy atom. The molecule has 0 aliphatic carbocycles. The molecule has 0 bridgehead atoms. The summed E-state index contributed by atoms with van der Waals surface area (Å²) < 4.78 is 0. The molecule has 0 spiro atoms. The lowest BCUT2D eigenvalue weighted by Gasteiger charge is -2.30. The minimum absolute atomic E-state index is 0.0257. The maximum atomic E-state index is 12.2. The number of rotatable bonds is 8. The van der Waals surface area contributed by atoms with Crippen LogP contribution in [0.25, 0.3) is 0 Å². The van der Waals surface area contributed by atoms with Crippen LogP contribution < -0.4 is 10.6 Å². The van der Waals surface area contributed by atoms with Crippen LogP contribution in [0.3, 0.4) is 0 Å². The molecule has 1 aliphatic heterocycles. The zero-order chi connectivity index (χ0) is 18.2. The first-order valence-electron chi connectivity index (χ1n) is 9.29. The number of piperidine rings is 1. The molecule has 0 unspecified atom stereocenters. The van der Waals surface area contributed by atoms with Crippen molar-refractivity contribution in [3.63, 3.8) is 0 Å². The smallest absolute Gasteiger partial charge is 0.240 e. The Bertz CT molecular complexity index is 580. The Morgan fingerprint density at radius 2 is 2.00 bits per heavy atom. The third-order valence-electron chi connectivity index (χ3n) is 4.63. The topological polar surface area (TPSA) is 74.3 Å². The second kappa shape index (κ2) is 9.87. The highest BCUT2D eigenvalue weighted by Gasteiger charge is 2.25. The van der Waals surface area contributed by atoms with Crippen LogP contribution in [0.15, 0.2) is 0 Å². The van der Waals surface area contributed by atoms with E-state index in [1.165, 1.54) is 11.3 Å². The summed E-state index contributed by atoms with van der Waals surface area (Å²) in [5.41, 5.74) is 1.05. The molecule has 0 radical (unpaired) electrons. The second-order valence-electron chi connectivity index (χ2n) is 6.62. The molecule has 0 atom stereocenters. The summed E-state index contributed by atoms with van der Waals surface area (Å²) in [5.74, 6) is 0.232. The van der Waals surface area contributed by atoms with Crippen LogP contribution in [-0.2, 0) is 16.0 Å². The quantitative estimate of drug-likeness (QED) is 0.694. The van der Waals surface area contributed by atoms with Crippen LogP contribution in [0.4, 0.5) is 5.13 Å². The van der Waals surface area contributed by atoms with Gasteiger partial charge in [-0.25, -0.2) is 4.98 Å². The SMILES string of the molecule is CCCCNC(=O)C1CCN(CC(=O)Nc2nc(CC)c(C)s2)CC1. The average molecular weight is 367 g/mol. The molecule has 0 saturated carbocycles. The third kappa shape index (κ3) is 6.08. The summed E-state index contributed by atoms with van der Waals surface area (Å²) in [6.07, 6.45) is 4.64. The van der Waals surface area contributed by atoms with Crippen molar-refractivity contribution in [2.45, 2.75) is 52.9 Å². The fourth-order valence-electron chi connectivity index (χ4n) is 3.06. The van der Waals surface area contributed by atoms with Gasteiger partial charge in [0, 0.05) is 17.3 Å². The molecule has 2 N–H and O–H groups in total. The van der Waals surface area contributed by atoms with Gasteiger partial charge in [-0.2, -0.15) is 0 Å². The van der Waals surface area contributed by atoms with Gasteiger partial charge < -0.3 is 10.6 Å². The number of hydrogen-bond acceptors (Lipinski definition) is 5. The molecule has 2 heterocycles. The normalized spacial score (nSPS) is 16.0. The van der Waals surface area contributed by atoms with Crippen molar-refractivity contribution in [2.75, 3.05) is 31.5 Å². The van der Waals surface area contributed by atoms with E-state index in [-0.39, 0.29) is 17.7 Å². The summed E-state index contributed by atoms with van der Waals surface area (Å²) in [5, 5.41) is 6.60. The van der Waals surface area contributed by atoms with E-state index in [0.29, 0.717) is 11.7 Å². The summed E-state index contributed by atoms with van der Waals surface area (Å²) in [7, 11) is 0. The molecule has 1 fully saturated rings. The molecule has 140 valence electrons. The highest BCUT2D eigenvalue weighted by Crippen LogP contribution is 2.22. The van der Waals surface area contributed by atoms with Crippen molar-refractivity contribution in [1.82, 2.24) is 15.2 Å². The van der Waals surface area contributed by atoms with Crippen molar-refractivity contribution in [2.24, 2.45) is 5.92 Å². The van der Waals surface area contributed by atoms with Gasteiger partial charge >= 0.3 is 0 Å². The van der Waals surface area contributed by atoms with Crippen LogP contribution in [0.2, 0.25) is 0 Å². The monoisotopic (exact) mass is 366 g/mol.